The lowest BCUT2D eigenvalue weighted by molar-refractivity contribution is 0.182. The molecule has 5 N–H and O–H groups in total. The number of hydrogen-bond donors (Lipinski definition) is 3. The van der Waals surface area contributed by atoms with Crippen LogP contribution in [0, 0.1) is 0 Å². The van der Waals surface area contributed by atoms with E-state index in [1.165, 1.54) is 18.2 Å². The Morgan fingerprint density at radius 3 is 2.63 bits per heavy atom. The Bertz CT molecular complexity index is 511. The van der Waals surface area contributed by atoms with Gasteiger partial charge < -0.3 is 15.8 Å². The molecule has 0 aliphatic carbocycles. The Morgan fingerprint density at radius 1 is 1.42 bits per heavy atom. The van der Waals surface area contributed by atoms with Crippen LogP contribution in [-0.4, -0.2) is 28.2 Å². The van der Waals surface area contributed by atoms with Crippen LogP contribution >= 0.6 is 0 Å². The van der Waals surface area contributed by atoms with E-state index in [1.54, 1.807) is 7.11 Å². The van der Waals surface area contributed by atoms with Crippen molar-refractivity contribution < 1.29 is 13.2 Å². The van der Waals surface area contributed by atoms with Gasteiger partial charge >= 0.3 is 0 Å². The van der Waals surface area contributed by atoms with E-state index >= 15 is 0 Å². The third-order valence-corrected chi connectivity index (χ3v) is 3.63. The predicted molar refractivity (Wildman–Crippen MR) is 76.4 cm³/mol. The van der Waals surface area contributed by atoms with E-state index in [0.717, 1.165) is 12.8 Å². The molecule has 108 valence electrons. The maximum atomic E-state index is 11.3. The number of methoxy groups -OCH3 is 1. The molecular weight excluding hydrogens is 266 g/mol. The molecule has 1 aromatic carbocycles. The van der Waals surface area contributed by atoms with Crippen molar-refractivity contribution in [3.8, 4) is 0 Å². The van der Waals surface area contributed by atoms with Crippen LogP contribution < -0.4 is 16.2 Å². The number of anilines is 2. The van der Waals surface area contributed by atoms with Gasteiger partial charge in [0.1, 0.15) is 0 Å². The van der Waals surface area contributed by atoms with Crippen molar-refractivity contribution in [2.75, 3.05) is 24.8 Å². The highest BCUT2D eigenvalue weighted by Crippen LogP contribution is 2.23. The maximum Gasteiger partial charge on any atom is 0.238 e. The summed E-state index contributed by atoms with van der Waals surface area (Å²) in [4.78, 5) is 0.0388. The van der Waals surface area contributed by atoms with Gasteiger partial charge in [0.05, 0.1) is 22.9 Å². The molecule has 0 aromatic heterocycles. The molecular formula is C12H21N3O3S. The molecule has 0 aliphatic rings. The number of sulfonamides is 1. The first-order valence-corrected chi connectivity index (χ1v) is 7.61. The van der Waals surface area contributed by atoms with Crippen LogP contribution in [0.5, 0.6) is 0 Å². The third-order valence-electron chi connectivity index (χ3n) is 2.72. The Hall–Kier alpha value is -1.31. The van der Waals surface area contributed by atoms with E-state index in [2.05, 4.69) is 12.2 Å². The average molecular weight is 287 g/mol. The summed E-state index contributed by atoms with van der Waals surface area (Å²) in [5.74, 6) is 0. The number of benzene rings is 1. The van der Waals surface area contributed by atoms with Crippen molar-refractivity contribution in [3.05, 3.63) is 18.2 Å². The summed E-state index contributed by atoms with van der Waals surface area (Å²) < 4.78 is 27.8. The zero-order chi connectivity index (χ0) is 14.5. The summed E-state index contributed by atoms with van der Waals surface area (Å²) >= 11 is 0. The van der Waals surface area contributed by atoms with Crippen LogP contribution in [0.15, 0.2) is 23.1 Å². The van der Waals surface area contributed by atoms with Crippen LogP contribution in [0.4, 0.5) is 11.4 Å². The molecule has 19 heavy (non-hydrogen) atoms. The standard InChI is InChI=1S/C12H21N3O3S/c1-3-4-9(8-18-2)15-12-7-10(19(14,16)17)5-6-11(12)13/h5-7,9,15H,3-4,8,13H2,1-2H3,(H2,14,16,17). The number of nitrogens with one attached hydrogen (secondary N) is 1. The minimum absolute atomic E-state index is 0.0388. The largest absolute Gasteiger partial charge is 0.397 e. The Kier molecular flexibility index (Phi) is 5.59. The molecule has 1 atom stereocenters. The molecule has 0 amide bonds. The van der Waals surface area contributed by atoms with Gasteiger partial charge in [-0.3, -0.25) is 0 Å². The summed E-state index contributed by atoms with van der Waals surface area (Å²) in [5, 5.41) is 8.29. The highest BCUT2D eigenvalue weighted by atomic mass is 32.2. The third kappa shape index (κ3) is 4.70. The fourth-order valence-electron chi connectivity index (χ4n) is 1.80. The zero-order valence-corrected chi connectivity index (χ0v) is 12.0. The number of nitrogen functional groups attached to an aromatic ring is 1. The Labute approximate surface area is 114 Å². The summed E-state index contributed by atoms with van der Waals surface area (Å²) in [5.41, 5.74) is 6.87. The van der Waals surface area contributed by atoms with E-state index in [9.17, 15) is 8.42 Å². The first-order chi connectivity index (χ1) is 8.88. The van der Waals surface area contributed by atoms with Crippen LogP contribution in [0.25, 0.3) is 0 Å². The summed E-state index contributed by atoms with van der Waals surface area (Å²) in [6, 6.07) is 4.44. The minimum Gasteiger partial charge on any atom is -0.397 e. The van der Waals surface area contributed by atoms with Crippen molar-refractivity contribution in [1.29, 1.82) is 0 Å². The fraction of sp³-hybridized carbons (Fsp3) is 0.500. The molecule has 0 fully saturated rings. The van der Waals surface area contributed by atoms with Crippen LogP contribution in [0.1, 0.15) is 19.8 Å². The van der Waals surface area contributed by atoms with Crippen molar-refractivity contribution in [2.24, 2.45) is 5.14 Å². The predicted octanol–water partition coefficient (Wildman–Crippen LogP) is 1.14. The smallest absolute Gasteiger partial charge is 0.238 e. The van der Waals surface area contributed by atoms with Crippen molar-refractivity contribution in [3.63, 3.8) is 0 Å². The fourth-order valence-corrected chi connectivity index (χ4v) is 2.34. The molecule has 0 spiro atoms. The molecule has 0 saturated carbocycles. The summed E-state index contributed by atoms with van der Waals surface area (Å²) in [6.07, 6.45) is 1.88. The molecule has 0 radical (unpaired) electrons. The van der Waals surface area contributed by atoms with E-state index in [0.29, 0.717) is 18.0 Å². The lowest BCUT2D eigenvalue weighted by Gasteiger charge is -2.20. The van der Waals surface area contributed by atoms with Crippen molar-refractivity contribution >= 4 is 21.4 Å². The van der Waals surface area contributed by atoms with Crippen molar-refractivity contribution in [2.45, 2.75) is 30.7 Å². The summed E-state index contributed by atoms with van der Waals surface area (Å²) in [7, 11) is -2.11. The molecule has 1 aromatic rings. The zero-order valence-electron chi connectivity index (χ0n) is 11.2. The number of rotatable bonds is 7. The highest BCUT2D eigenvalue weighted by Gasteiger charge is 2.13. The quantitative estimate of drug-likeness (QED) is 0.652. The van der Waals surface area contributed by atoms with Gasteiger partial charge in [-0.25, -0.2) is 13.6 Å². The summed E-state index contributed by atoms with van der Waals surface area (Å²) in [6.45, 7) is 2.58. The van der Waals surface area contributed by atoms with E-state index in [-0.39, 0.29) is 10.9 Å². The van der Waals surface area contributed by atoms with Gasteiger partial charge in [-0.15, -0.1) is 0 Å². The molecule has 7 heteroatoms. The van der Waals surface area contributed by atoms with Crippen LogP contribution in [-0.2, 0) is 14.8 Å². The Morgan fingerprint density at radius 2 is 2.11 bits per heavy atom. The van der Waals surface area contributed by atoms with Gasteiger partial charge in [0.2, 0.25) is 10.0 Å². The SMILES string of the molecule is CCCC(COC)Nc1cc(S(N)(=O)=O)ccc1N. The molecule has 0 bridgehead atoms. The average Bonchev–Trinajstić information content (AvgIpc) is 2.31. The van der Waals surface area contributed by atoms with E-state index in [4.69, 9.17) is 15.6 Å². The number of primary sulfonamides is 1. The molecule has 6 nitrogen and oxygen atoms in total. The molecule has 0 heterocycles. The normalized spacial score (nSPS) is 13.2. The first-order valence-electron chi connectivity index (χ1n) is 6.06. The molecule has 1 rings (SSSR count). The second-order valence-corrected chi connectivity index (χ2v) is 5.94. The van der Waals surface area contributed by atoms with Gasteiger partial charge in [0, 0.05) is 13.2 Å². The van der Waals surface area contributed by atoms with E-state index < -0.39 is 10.0 Å². The minimum atomic E-state index is -3.73. The van der Waals surface area contributed by atoms with Gasteiger partial charge in [0.25, 0.3) is 0 Å². The first kappa shape index (κ1) is 15.7. The lowest BCUT2D eigenvalue weighted by Crippen LogP contribution is -2.25. The molecule has 0 aliphatic heterocycles. The molecule has 0 saturated heterocycles. The van der Waals surface area contributed by atoms with Gasteiger partial charge in [0.15, 0.2) is 0 Å². The van der Waals surface area contributed by atoms with Gasteiger partial charge in [-0.2, -0.15) is 0 Å². The maximum absolute atomic E-state index is 11.3. The van der Waals surface area contributed by atoms with Gasteiger partial charge in [-0.05, 0) is 24.6 Å². The van der Waals surface area contributed by atoms with Crippen LogP contribution in [0.3, 0.4) is 0 Å². The monoisotopic (exact) mass is 287 g/mol. The number of hydrogen-bond acceptors (Lipinski definition) is 5. The van der Waals surface area contributed by atoms with E-state index in [1.807, 2.05) is 0 Å². The number of nitrogens with two attached hydrogens (primary N) is 2. The second kappa shape index (κ2) is 6.74. The van der Waals surface area contributed by atoms with Crippen LogP contribution in [0.2, 0.25) is 0 Å². The lowest BCUT2D eigenvalue weighted by atomic mass is 10.1. The second-order valence-electron chi connectivity index (χ2n) is 4.38. The van der Waals surface area contributed by atoms with Crippen molar-refractivity contribution in [1.82, 2.24) is 0 Å². The number of ether oxygens (including phenoxy) is 1. The molecule has 1 unspecified atom stereocenters. The topological polar surface area (TPSA) is 107 Å². The Balaban J connectivity index is 2.98. The highest BCUT2D eigenvalue weighted by molar-refractivity contribution is 7.89. The van der Waals surface area contributed by atoms with Gasteiger partial charge in [-0.1, -0.05) is 13.3 Å².